The van der Waals surface area contributed by atoms with Gasteiger partial charge in [-0.25, -0.2) is 9.78 Å². The zero-order valence-electron chi connectivity index (χ0n) is 13.5. The number of hydrogen-bond donors (Lipinski definition) is 1. The quantitative estimate of drug-likeness (QED) is 0.598. The minimum Gasteiger partial charge on any atom is -0.313 e. The van der Waals surface area contributed by atoms with Gasteiger partial charge in [0.15, 0.2) is 16.3 Å². The van der Waals surface area contributed by atoms with E-state index in [2.05, 4.69) is 16.9 Å². The van der Waals surface area contributed by atoms with Crippen LogP contribution in [-0.4, -0.2) is 25.4 Å². The number of aromatic amines is 1. The van der Waals surface area contributed by atoms with Crippen LogP contribution in [0, 0.1) is 0 Å². The van der Waals surface area contributed by atoms with Gasteiger partial charge in [0.05, 0.1) is 0 Å². The zero-order chi connectivity index (χ0) is 16.1. The van der Waals surface area contributed by atoms with Crippen LogP contribution in [0.5, 0.6) is 0 Å². The number of nitrogens with one attached hydrogen (secondary N) is 1. The van der Waals surface area contributed by atoms with Crippen LogP contribution < -0.4 is 11.2 Å². The van der Waals surface area contributed by atoms with Crippen molar-refractivity contribution in [3.8, 4) is 0 Å². The van der Waals surface area contributed by atoms with Crippen molar-refractivity contribution in [1.82, 2.24) is 19.1 Å². The van der Waals surface area contributed by atoms with Gasteiger partial charge in [0, 0.05) is 13.6 Å². The summed E-state index contributed by atoms with van der Waals surface area (Å²) in [4.78, 5) is 30.6. The lowest BCUT2D eigenvalue weighted by molar-refractivity contribution is 0.544. The van der Waals surface area contributed by atoms with Gasteiger partial charge < -0.3 is 4.57 Å². The molecular formula is C15H24N4O2S. The van der Waals surface area contributed by atoms with E-state index in [-0.39, 0.29) is 5.56 Å². The summed E-state index contributed by atoms with van der Waals surface area (Å²) in [5.41, 5.74) is 0.190. The lowest BCUT2D eigenvalue weighted by atomic mass is 10.1. The summed E-state index contributed by atoms with van der Waals surface area (Å²) in [6.45, 7) is 2.97. The van der Waals surface area contributed by atoms with Crippen molar-refractivity contribution in [2.45, 2.75) is 57.1 Å². The number of unbranched alkanes of at least 4 members (excludes halogenated alkanes) is 5. The summed E-state index contributed by atoms with van der Waals surface area (Å²) in [7, 11) is 1.63. The molecule has 2 heterocycles. The van der Waals surface area contributed by atoms with Gasteiger partial charge >= 0.3 is 5.69 Å². The van der Waals surface area contributed by atoms with Crippen LogP contribution in [0.1, 0.15) is 45.4 Å². The molecule has 0 atom stereocenters. The number of nitrogens with zero attached hydrogens (tertiary/aromatic N) is 3. The molecule has 6 nitrogen and oxygen atoms in total. The fraction of sp³-hybridized carbons (Fsp3) is 0.667. The molecule has 2 aromatic rings. The molecule has 2 rings (SSSR count). The highest BCUT2D eigenvalue weighted by Gasteiger charge is 2.16. The van der Waals surface area contributed by atoms with Gasteiger partial charge in [-0.3, -0.25) is 14.3 Å². The Hall–Kier alpha value is -1.50. The molecule has 0 spiro atoms. The summed E-state index contributed by atoms with van der Waals surface area (Å²) in [5.74, 6) is 0. The first-order chi connectivity index (χ1) is 10.6. The maximum atomic E-state index is 12.1. The van der Waals surface area contributed by atoms with Gasteiger partial charge in [-0.15, -0.1) is 0 Å². The first-order valence-electron chi connectivity index (χ1n) is 7.83. The first kappa shape index (κ1) is 16.9. The van der Waals surface area contributed by atoms with Crippen LogP contribution in [0.2, 0.25) is 0 Å². The average Bonchev–Trinajstić information content (AvgIpc) is 2.88. The normalized spacial score (nSPS) is 11.4. The fourth-order valence-corrected chi connectivity index (χ4v) is 3.21. The monoisotopic (exact) mass is 324 g/mol. The minimum absolute atomic E-state index is 0.350. The van der Waals surface area contributed by atoms with Crippen LogP contribution in [0.4, 0.5) is 0 Å². The highest BCUT2D eigenvalue weighted by atomic mass is 32.2. The lowest BCUT2D eigenvalue weighted by Crippen LogP contribution is -2.29. The number of thioether (sulfide) groups is 1. The highest BCUT2D eigenvalue weighted by molar-refractivity contribution is 7.98. The van der Waals surface area contributed by atoms with Crippen molar-refractivity contribution >= 4 is 22.9 Å². The van der Waals surface area contributed by atoms with Crippen molar-refractivity contribution in [3.63, 3.8) is 0 Å². The van der Waals surface area contributed by atoms with Crippen molar-refractivity contribution in [2.75, 3.05) is 6.26 Å². The van der Waals surface area contributed by atoms with Crippen molar-refractivity contribution < 1.29 is 0 Å². The van der Waals surface area contributed by atoms with E-state index in [1.54, 1.807) is 7.05 Å². The number of hydrogen-bond acceptors (Lipinski definition) is 4. The van der Waals surface area contributed by atoms with Gasteiger partial charge in [0.1, 0.15) is 0 Å². The number of fused-ring (bicyclic) bond motifs is 1. The molecule has 1 N–H and O–H groups in total. The average molecular weight is 324 g/mol. The number of imidazole rings is 1. The van der Waals surface area contributed by atoms with Crippen LogP contribution in [0.3, 0.4) is 0 Å². The molecule has 0 amide bonds. The van der Waals surface area contributed by atoms with Crippen molar-refractivity contribution in [2.24, 2.45) is 7.05 Å². The highest BCUT2D eigenvalue weighted by Crippen LogP contribution is 2.20. The standard InChI is InChI=1S/C15H24N4O2S/c1-4-5-6-7-8-9-10-19-11-12(16-15(19)22-3)18(2)14(21)17-13(11)20/h4-10H2,1-3H3,(H,17,20,21). The van der Waals surface area contributed by atoms with E-state index in [0.717, 1.165) is 24.5 Å². The molecule has 2 aromatic heterocycles. The van der Waals surface area contributed by atoms with E-state index < -0.39 is 5.69 Å². The van der Waals surface area contributed by atoms with Crippen molar-refractivity contribution in [1.29, 1.82) is 0 Å². The van der Waals surface area contributed by atoms with E-state index in [1.165, 1.54) is 42.0 Å². The lowest BCUT2D eigenvalue weighted by Gasteiger charge is -2.07. The summed E-state index contributed by atoms with van der Waals surface area (Å²) in [6.07, 6.45) is 9.13. The first-order valence-corrected chi connectivity index (χ1v) is 9.06. The maximum absolute atomic E-state index is 12.1. The molecule has 22 heavy (non-hydrogen) atoms. The van der Waals surface area contributed by atoms with Gasteiger partial charge in [-0.1, -0.05) is 50.8 Å². The van der Waals surface area contributed by atoms with E-state index in [4.69, 9.17) is 0 Å². The summed E-state index contributed by atoms with van der Waals surface area (Å²) >= 11 is 1.50. The van der Waals surface area contributed by atoms with E-state index in [0.29, 0.717) is 11.2 Å². The zero-order valence-corrected chi connectivity index (χ0v) is 14.3. The molecule has 0 saturated heterocycles. The third-order valence-corrected chi connectivity index (χ3v) is 4.57. The largest absolute Gasteiger partial charge is 0.329 e. The van der Waals surface area contributed by atoms with Gasteiger partial charge in [-0.2, -0.15) is 0 Å². The Morgan fingerprint density at radius 3 is 2.50 bits per heavy atom. The third-order valence-electron chi connectivity index (χ3n) is 3.89. The van der Waals surface area contributed by atoms with Gasteiger partial charge in [0.25, 0.3) is 5.56 Å². The second kappa shape index (κ2) is 7.67. The predicted octanol–water partition coefficient (Wildman–Crippen LogP) is 2.51. The number of aromatic nitrogens is 4. The minimum atomic E-state index is -0.422. The Balaban J connectivity index is 2.23. The number of rotatable bonds is 8. The molecule has 0 bridgehead atoms. The number of H-pyrrole nitrogens is 1. The summed E-state index contributed by atoms with van der Waals surface area (Å²) < 4.78 is 3.34. The molecule has 0 saturated carbocycles. The molecule has 122 valence electrons. The molecule has 0 aliphatic rings. The Labute approximate surface area is 133 Å². The smallest absolute Gasteiger partial charge is 0.313 e. The van der Waals surface area contributed by atoms with Crippen LogP contribution in [0.25, 0.3) is 11.2 Å². The predicted molar refractivity (Wildman–Crippen MR) is 90.8 cm³/mol. The van der Waals surface area contributed by atoms with E-state index in [9.17, 15) is 9.59 Å². The molecule has 7 heteroatoms. The van der Waals surface area contributed by atoms with E-state index in [1.807, 2.05) is 10.8 Å². The van der Waals surface area contributed by atoms with E-state index >= 15 is 0 Å². The van der Waals surface area contributed by atoms with Crippen LogP contribution in [0.15, 0.2) is 14.7 Å². The van der Waals surface area contributed by atoms with Crippen LogP contribution in [-0.2, 0) is 13.6 Å². The topological polar surface area (TPSA) is 72.7 Å². The third kappa shape index (κ3) is 3.45. The SMILES string of the molecule is CCCCCCCCn1c(SC)nc2c1c(=O)[nH]c(=O)n2C. The molecule has 0 aliphatic carbocycles. The number of aryl methyl sites for hydroxylation is 2. The van der Waals surface area contributed by atoms with Gasteiger partial charge in [0.2, 0.25) is 0 Å². The Kier molecular flexibility index (Phi) is 5.88. The Morgan fingerprint density at radius 2 is 1.82 bits per heavy atom. The van der Waals surface area contributed by atoms with Crippen LogP contribution >= 0.6 is 11.8 Å². The molecule has 0 aromatic carbocycles. The molecule has 0 unspecified atom stereocenters. The molecule has 0 aliphatic heterocycles. The Bertz CT molecular complexity index is 744. The maximum Gasteiger partial charge on any atom is 0.329 e. The summed E-state index contributed by atoms with van der Waals surface area (Å²) in [6, 6.07) is 0. The molecule has 0 radical (unpaired) electrons. The van der Waals surface area contributed by atoms with Gasteiger partial charge in [-0.05, 0) is 12.7 Å². The summed E-state index contributed by atoms with van der Waals surface area (Å²) in [5, 5.41) is 0.787. The molecule has 0 fully saturated rings. The second-order valence-electron chi connectivity index (χ2n) is 5.51. The van der Waals surface area contributed by atoms with Crippen molar-refractivity contribution in [3.05, 3.63) is 20.8 Å². The molecular weight excluding hydrogens is 300 g/mol. The second-order valence-corrected chi connectivity index (χ2v) is 6.28. The Morgan fingerprint density at radius 1 is 1.14 bits per heavy atom. The fourth-order valence-electron chi connectivity index (χ4n) is 2.63.